The largest absolute Gasteiger partial charge is 0.465 e. The van der Waals surface area contributed by atoms with Crippen molar-refractivity contribution in [3.05, 3.63) is 29.3 Å². The normalized spacial score (nSPS) is 10.6. The fraction of sp³-hybridized carbons (Fsp3) is 0.300. The Labute approximate surface area is 86.7 Å². The zero-order chi connectivity index (χ0) is 11.0. The molecule has 2 rings (SSSR count). The topological polar surface area (TPSA) is 56.5 Å². The van der Waals surface area contributed by atoms with Crippen LogP contribution < -0.4 is 0 Å². The maximum atomic E-state index is 11.5. The average molecular weight is 205 g/mol. The number of rotatable bonds is 1. The maximum absolute atomic E-state index is 11.5. The molecule has 0 aliphatic heterocycles. The Morgan fingerprint density at radius 2 is 2.20 bits per heavy atom. The second-order valence-corrected chi connectivity index (χ2v) is 3.28. The molecule has 0 bridgehead atoms. The molecule has 78 valence electrons. The molecule has 0 radical (unpaired) electrons. The molecule has 0 spiro atoms. The SMILES string of the molecule is COC(=O)c1c(C)c2cncnn2c1C. The number of hydrogen-bond acceptors (Lipinski definition) is 4. The van der Waals surface area contributed by atoms with E-state index in [4.69, 9.17) is 4.74 Å². The van der Waals surface area contributed by atoms with Gasteiger partial charge in [0.05, 0.1) is 30.1 Å². The Kier molecular flexibility index (Phi) is 2.15. The number of aromatic nitrogens is 3. The van der Waals surface area contributed by atoms with Crippen molar-refractivity contribution in [2.24, 2.45) is 0 Å². The highest BCUT2D eigenvalue weighted by molar-refractivity contribution is 5.95. The third-order valence-corrected chi connectivity index (χ3v) is 2.49. The van der Waals surface area contributed by atoms with Crippen LogP contribution in [0.3, 0.4) is 0 Å². The lowest BCUT2D eigenvalue weighted by molar-refractivity contribution is 0.0599. The summed E-state index contributed by atoms with van der Waals surface area (Å²) >= 11 is 0. The van der Waals surface area contributed by atoms with Gasteiger partial charge in [0, 0.05) is 0 Å². The predicted molar refractivity (Wildman–Crippen MR) is 53.8 cm³/mol. The molecule has 15 heavy (non-hydrogen) atoms. The summed E-state index contributed by atoms with van der Waals surface area (Å²) in [7, 11) is 1.37. The van der Waals surface area contributed by atoms with E-state index in [1.807, 2.05) is 13.8 Å². The van der Waals surface area contributed by atoms with Crippen LogP contribution in [-0.4, -0.2) is 27.7 Å². The van der Waals surface area contributed by atoms with Crippen molar-refractivity contribution >= 4 is 11.5 Å². The standard InChI is InChI=1S/C10H11N3O2/c1-6-8-4-11-5-12-13(8)7(2)9(6)10(14)15-3/h4-5H,1-3H3. The van der Waals surface area contributed by atoms with E-state index < -0.39 is 0 Å². The van der Waals surface area contributed by atoms with Gasteiger partial charge >= 0.3 is 5.97 Å². The molecule has 2 aromatic rings. The number of carbonyl (C=O) groups is 1. The van der Waals surface area contributed by atoms with Crippen LogP contribution in [-0.2, 0) is 4.74 Å². The number of carbonyl (C=O) groups excluding carboxylic acids is 1. The second kappa shape index (κ2) is 3.34. The highest BCUT2D eigenvalue weighted by Crippen LogP contribution is 2.21. The maximum Gasteiger partial charge on any atom is 0.340 e. The fourth-order valence-electron chi connectivity index (χ4n) is 1.73. The summed E-state index contributed by atoms with van der Waals surface area (Å²) in [5.41, 5.74) is 3.02. The molecule has 0 aliphatic carbocycles. The zero-order valence-electron chi connectivity index (χ0n) is 8.81. The van der Waals surface area contributed by atoms with E-state index in [2.05, 4.69) is 10.1 Å². The summed E-state index contributed by atoms with van der Waals surface area (Å²) in [6, 6.07) is 0. The van der Waals surface area contributed by atoms with Gasteiger partial charge in [-0.05, 0) is 19.4 Å². The Morgan fingerprint density at radius 3 is 2.80 bits per heavy atom. The quantitative estimate of drug-likeness (QED) is 0.655. The second-order valence-electron chi connectivity index (χ2n) is 3.28. The van der Waals surface area contributed by atoms with Gasteiger partial charge in [-0.15, -0.1) is 0 Å². The summed E-state index contributed by atoms with van der Waals surface area (Å²) in [6.45, 7) is 3.69. The molecular formula is C10H11N3O2. The lowest BCUT2D eigenvalue weighted by Gasteiger charge is -1.98. The Hall–Kier alpha value is -1.91. The first-order valence-corrected chi connectivity index (χ1v) is 4.53. The number of aryl methyl sites for hydroxylation is 2. The number of ether oxygens (including phenoxy) is 1. The first kappa shape index (κ1) is 9.64. The molecule has 5 nitrogen and oxygen atoms in total. The van der Waals surface area contributed by atoms with Crippen molar-refractivity contribution in [3.8, 4) is 0 Å². The van der Waals surface area contributed by atoms with Gasteiger partial charge in [0.2, 0.25) is 0 Å². The highest BCUT2D eigenvalue weighted by Gasteiger charge is 2.19. The summed E-state index contributed by atoms with van der Waals surface area (Å²) in [6.07, 6.45) is 3.13. The molecule has 5 heteroatoms. The highest BCUT2D eigenvalue weighted by atomic mass is 16.5. The Bertz CT molecular complexity index is 492. The molecular weight excluding hydrogens is 194 g/mol. The van der Waals surface area contributed by atoms with Crippen molar-refractivity contribution in [2.45, 2.75) is 13.8 Å². The number of methoxy groups -OCH3 is 1. The molecule has 0 saturated carbocycles. The van der Waals surface area contributed by atoms with E-state index in [9.17, 15) is 4.79 Å². The van der Waals surface area contributed by atoms with Gasteiger partial charge < -0.3 is 4.74 Å². The van der Waals surface area contributed by atoms with Crippen LogP contribution in [0, 0.1) is 13.8 Å². The summed E-state index contributed by atoms with van der Waals surface area (Å²) < 4.78 is 6.42. The van der Waals surface area contributed by atoms with E-state index in [0.29, 0.717) is 5.56 Å². The number of hydrogen-bond donors (Lipinski definition) is 0. The molecule has 2 aromatic heterocycles. The molecule has 0 atom stereocenters. The monoisotopic (exact) mass is 205 g/mol. The lowest BCUT2D eigenvalue weighted by atomic mass is 10.1. The molecule has 0 amide bonds. The van der Waals surface area contributed by atoms with E-state index in [1.165, 1.54) is 13.4 Å². The van der Waals surface area contributed by atoms with Gasteiger partial charge in [-0.1, -0.05) is 0 Å². The Morgan fingerprint density at radius 1 is 1.47 bits per heavy atom. The third-order valence-electron chi connectivity index (χ3n) is 2.49. The van der Waals surface area contributed by atoms with Crippen molar-refractivity contribution in [1.29, 1.82) is 0 Å². The number of esters is 1. The molecule has 0 aromatic carbocycles. The third kappa shape index (κ3) is 1.27. The zero-order valence-corrected chi connectivity index (χ0v) is 8.81. The smallest absolute Gasteiger partial charge is 0.340 e. The minimum Gasteiger partial charge on any atom is -0.465 e. The van der Waals surface area contributed by atoms with Crippen molar-refractivity contribution in [3.63, 3.8) is 0 Å². The minimum atomic E-state index is -0.337. The van der Waals surface area contributed by atoms with Gasteiger partial charge in [-0.25, -0.2) is 14.3 Å². The molecule has 0 fully saturated rings. The van der Waals surface area contributed by atoms with E-state index in [0.717, 1.165) is 16.8 Å². The van der Waals surface area contributed by atoms with Crippen LogP contribution >= 0.6 is 0 Å². The van der Waals surface area contributed by atoms with Gasteiger partial charge in [-0.2, -0.15) is 5.10 Å². The minimum absolute atomic E-state index is 0.337. The molecule has 0 aliphatic rings. The number of fused-ring (bicyclic) bond motifs is 1. The molecule has 0 unspecified atom stereocenters. The van der Waals surface area contributed by atoms with Crippen molar-refractivity contribution < 1.29 is 9.53 Å². The molecule has 2 heterocycles. The lowest BCUT2D eigenvalue weighted by Crippen LogP contribution is -2.04. The van der Waals surface area contributed by atoms with Crippen LogP contribution in [0.4, 0.5) is 0 Å². The van der Waals surface area contributed by atoms with Crippen molar-refractivity contribution in [1.82, 2.24) is 14.6 Å². The van der Waals surface area contributed by atoms with Gasteiger partial charge in [0.25, 0.3) is 0 Å². The first-order valence-electron chi connectivity index (χ1n) is 4.53. The fourth-order valence-corrected chi connectivity index (χ4v) is 1.73. The van der Waals surface area contributed by atoms with E-state index in [-0.39, 0.29) is 5.97 Å². The molecule has 0 N–H and O–H groups in total. The first-order chi connectivity index (χ1) is 7.16. The van der Waals surface area contributed by atoms with Crippen molar-refractivity contribution in [2.75, 3.05) is 7.11 Å². The van der Waals surface area contributed by atoms with Crippen LogP contribution in [0.2, 0.25) is 0 Å². The van der Waals surface area contributed by atoms with Gasteiger partial charge in [0.15, 0.2) is 0 Å². The molecule has 0 saturated heterocycles. The number of nitrogens with zero attached hydrogens (tertiary/aromatic N) is 3. The van der Waals surface area contributed by atoms with Crippen LogP contribution in [0.25, 0.3) is 5.52 Å². The Balaban J connectivity index is 2.81. The summed E-state index contributed by atoms with van der Waals surface area (Å²) in [5.74, 6) is -0.337. The average Bonchev–Trinajstić information content (AvgIpc) is 2.52. The van der Waals surface area contributed by atoms with Gasteiger partial charge in [-0.3, -0.25) is 0 Å². The van der Waals surface area contributed by atoms with E-state index in [1.54, 1.807) is 10.7 Å². The van der Waals surface area contributed by atoms with Crippen LogP contribution in [0.5, 0.6) is 0 Å². The van der Waals surface area contributed by atoms with Crippen LogP contribution in [0.1, 0.15) is 21.6 Å². The van der Waals surface area contributed by atoms with Gasteiger partial charge in [0.1, 0.15) is 6.33 Å². The summed E-state index contributed by atoms with van der Waals surface area (Å²) in [4.78, 5) is 15.5. The van der Waals surface area contributed by atoms with Crippen LogP contribution in [0.15, 0.2) is 12.5 Å². The summed E-state index contributed by atoms with van der Waals surface area (Å²) in [5, 5.41) is 4.08. The van der Waals surface area contributed by atoms with E-state index >= 15 is 0 Å². The predicted octanol–water partition coefficient (Wildman–Crippen LogP) is 1.13.